The van der Waals surface area contributed by atoms with Gasteiger partial charge in [-0.05, 0) is 55.7 Å². The van der Waals surface area contributed by atoms with Gasteiger partial charge in [-0.3, -0.25) is 4.98 Å². The van der Waals surface area contributed by atoms with Gasteiger partial charge in [0.05, 0.1) is 23.9 Å². The van der Waals surface area contributed by atoms with Gasteiger partial charge >= 0.3 is 0 Å². The Bertz CT molecular complexity index is 760. The molecule has 0 radical (unpaired) electrons. The summed E-state index contributed by atoms with van der Waals surface area (Å²) in [4.78, 5) is 6.76. The topological polar surface area (TPSA) is 62.5 Å². The lowest BCUT2D eigenvalue weighted by Crippen LogP contribution is -2.32. The number of hydrogen-bond donors (Lipinski definition) is 2. The number of hydrogen-bond acceptors (Lipinski definition) is 4. The zero-order valence-corrected chi connectivity index (χ0v) is 16.1. The summed E-state index contributed by atoms with van der Waals surface area (Å²) in [5, 5.41) is 13.5. The maximum atomic E-state index is 9.33. The first kappa shape index (κ1) is 18.4. The summed E-state index contributed by atoms with van der Waals surface area (Å²) in [7, 11) is 0. The van der Waals surface area contributed by atoms with Crippen molar-refractivity contribution in [2.75, 3.05) is 19.8 Å². The Balaban J connectivity index is 1.66. The van der Waals surface area contributed by atoms with Crippen LogP contribution in [0.1, 0.15) is 42.7 Å². The largest absolute Gasteiger partial charge is 0.396 e. The summed E-state index contributed by atoms with van der Waals surface area (Å²) in [6.07, 6.45) is 7.14. The van der Waals surface area contributed by atoms with Crippen molar-refractivity contribution in [2.45, 2.75) is 44.0 Å². The van der Waals surface area contributed by atoms with Gasteiger partial charge in [0.2, 0.25) is 0 Å². The molecule has 3 atom stereocenters. The van der Waals surface area contributed by atoms with Crippen molar-refractivity contribution in [3.05, 3.63) is 54.1 Å². The molecule has 0 spiro atoms. The minimum absolute atomic E-state index is 0.0180. The molecule has 0 unspecified atom stereocenters. The Morgan fingerprint density at radius 1 is 1.30 bits per heavy atom. The summed E-state index contributed by atoms with van der Waals surface area (Å²) in [5.41, 5.74) is 2.17. The highest BCUT2D eigenvalue weighted by Crippen LogP contribution is 2.39. The third-order valence-corrected chi connectivity index (χ3v) is 5.70. The van der Waals surface area contributed by atoms with E-state index in [0.29, 0.717) is 18.1 Å². The van der Waals surface area contributed by atoms with Crippen molar-refractivity contribution in [3.63, 3.8) is 0 Å². The molecule has 0 aliphatic carbocycles. The number of pyridine rings is 1. The van der Waals surface area contributed by atoms with Crippen LogP contribution in [0, 0.1) is 0 Å². The van der Waals surface area contributed by atoms with E-state index < -0.39 is 0 Å². The summed E-state index contributed by atoms with van der Waals surface area (Å²) >= 11 is 5.64. The molecule has 0 saturated carbocycles. The van der Waals surface area contributed by atoms with Crippen molar-refractivity contribution in [1.82, 2.24) is 19.8 Å². The van der Waals surface area contributed by atoms with Gasteiger partial charge in [-0.2, -0.15) is 0 Å². The SMILES string of the molecule is OCCCN1C(=S)N[C@H](c2ccccn2)[C@H]1c1cccn1C[C@@H]1CCCO1. The Morgan fingerprint density at radius 3 is 2.96 bits per heavy atom. The zero-order chi connectivity index (χ0) is 18.6. The molecule has 2 aliphatic rings. The van der Waals surface area contributed by atoms with E-state index in [2.05, 4.69) is 38.1 Å². The fourth-order valence-electron chi connectivity index (χ4n) is 4.08. The first-order valence-corrected chi connectivity index (χ1v) is 10.0. The van der Waals surface area contributed by atoms with Crippen molar-refractivity contribution in [3.8, 4) is 0 Å². The molecule has 4 heterocycles. The van der Waals surface area contributed by atoms with Gasteiger partial charge < -0.3 is 24.6 Å². The smallest absolute Gasteiger partial charge is 0.170 e. The minimum atomic E-state index is -0.0180. The molecule has 2 aliphatic heterocycles. The molecule has 2 aromatic heterocycles. The molecule has 4 rings (SSSR count). The van der Waals surface area contributed by atoms with E-state index in [9.17, 15) is 5.11 Å². The van der Waals surface area contributed by atoms with Crippen LogP contribution in [0.2, 0.25) is 0 Å². The van der Waals surface area contributed by atoms with Crippen molar-refractivity contribution < 1.29 is 9.84 Å². The number of aliphatic hydroxyl groups excluding tert-OH is 1. The standard InChI is InChI=1S/C20H26N4O2S/c25-12-5-11-24-19(18(22-20(24)27)16-7-1-2-9-21-16)17-8-3-10-23(17)14-15-6-4-13-26-15/h1-3,7-10,15,18-19,25H,4-6,11-14H2,(H,22,27)/t15-,18+,19+/m0/s1. The molecule has 2 N–H and O–H groups in total. The third-order valence-electron chi connectivity index (χ3n) is 5.35. The molecular formula is C20H26N4O2S. The zero-order valence-electron chi connectivity index (χ0n) is 15.3. The van der Waals surface area contributed by atoms with Gasteiger partial charge in [-0.15, -0.1) is 0 Å². The molecule has 0 aromatic carbocycles. The highest BCUT2D eigenvalue weighted by molar-refractivity contribution is 7.80. The summed E-state index contributed by atoms with van der Waals surface area (Å²) in [6, 6.07) is 10.2. The monoisotopic (exact) mass is 386 g/mol. The first-order chi connectivity index (χ1) is 13.3. The first-order valence-electron chi connectivity index (χ1n) is 9.63. The maximum Gasteiger partial charge on any atom is 0.170 e. The molecule has 0 bridgehead atoms. The highest BCUT2D eigenvalue weighted by atomic mass is 32.1. The fourth-order valence-corrected chi connectivity index (χ4v) is 4.41. The number of aromatic nitrogens is 2. The van der Waals surface area contributed by atoms with Crippen molar-refractivity contribution >= 4 is 17.3 Å². The van der Waals surface area contributed by atoms with Crippen LogP contribution in [-0.4, -0.2) is 50.5 Å². The number of rotatable bonds is 7. The normalized spacial score (nSPS) is 25.1. The van der Waals surface area contributed by atoms with Crippen LogP contribution in [0.25, 0.3) is 0 Å². The van der Waals surface area contributed by atoms with Crippen LogP contribution >= 0.6 is 12.2 Å². The average molecular weight is 387 g/mol. The maximum absolute atomic E-state index is 9.33. The second kappa shape index (κ2) is 8.37. The predicted octanol–water partition coefficient (Wildman–Crippen LogP) is 2.42. The molecule has 27 heavy (non-hydrogen) atoms. The Morgan fingerprint density at radius 2 is 2.22 bits per heavy atom. The van der Waals surface area contributed by atoms with Crippen LogP contribution in [0.4, 0.5) is 0 Å². The Hall–Kier alpha value is -1.96. The van der Waals surface area contributed by atoms with Gasteiger partial charge in [-0.25, -0.2) is 0 Å². The molecule has 144 valence electrons. The van der Waals surface area contributed by atoms with Crippen LogP contribution in [0.3, 0.4) is 0 Å². The second-order valence-corrected chi connectivity index (χ2v) is 7.50. The molecule has 2 saturated heterocycles. The van der Waals surface area contributed by atoms with E-state index in [-0.39, 0.29) is 24.8 Å². The van der Waals surface area contributed by atoms with Crippen LogP contribution in [0.15, 0.2) is 42.7 Å². The fraction of sp³-hybridized carbons (Fsp3) is 0.500. The molecule has 0 amide bonds. The molecule has 7 heteroatoms. The second-order valence-electron chi connectivity index (χ2n) is 7.12. The van der Waals surface area contributed by atoms with E-state index in [1.807, 2.05) is 24.4 Å². The quantitative estimate of drug-likeness (QED) is 0.713. The van der Waals surface area contributed by atoms with Crippen molar-refractivity contribution in [1.29, 1.82) is 0 Å². The summed E-state index contributed by atoms with van der Waals surface area (Å²) in [5.74, 6) is 0. The average Bonchev–Trinajstić information content (AvgIpc) is 3.42. The lowest BCUT2D eigenvalue weighted by molar-refractivity contribution is 0.0953. The number of nitrogens with one attached hydrogen (secondary N) is 1. The number of thiocarbonyl (C=S) groups is 1. The number of ether oxygens (including phenoxy) is 1. The predicted molar refractivity (Wildman–Crippen MR) is 107 cm³/mol. The molecular weight excluding hydrogens is 360 g/mol. The molecule has 6 nitrogen and oxygen atoms in total. The van der Waals surface area contributed by atoms with Gasteiger partial charge in [0.25, 0.3) is 0 Å². The van der Waals surface area contributed by atoms with E-state index in [0.717, 1.165) is 31.7 Å². The Kier molecular flexibility index (Phi) is 5.71. The highest BCUT2D eigenvalue weighted by Gasteiger charge is 2.40. The summed E-state index contributed by atoms with van der Waals surface area (Å²) < 4.78 is 8.14. The Labute approximate surface area is 165 Å². The minimum Gasteiger partial charge on any atom is -0.396 e. The van der Waals surface area contributed by atoms with E-state index in [1.165, 1.54) is 5.69 Å². The van der Waals surface area contributed by atoms with Gasteiger partial charge in [0.1, 0.15) is 0 Å². The summed E-state index contributed by atoms with van der Waals surface area (Å²) in [6.45, 7) is 2.57. The number of aliphatic hydroxyl groups is 1. The van der Waals surface area contributed by atoms with Crippen LogP contribution in [-0.2, 0) is 11.3 Å². The van der Waals surface area contributed by atoms with E-state index in [1.54, 1.807) is 0 Å². The van der Waals surface area contributed by atoms with Crippen LogP contribution < -0.4 is 5.32 Å². The lowest BCUT2D eigenvalue weighted by atomic mass is 10.0. The van der Waals surface area contributed by atoms with Crippen LogP contribution in [0.5, 0.6) is 0 Å². The third kappa shape index (κ3) is 3.85. The molecule has 2 fully saturated rings. The molecule has 2 aromatic rings. The van der Waals surface area contributed by atoms with E-state index in [4.69, 9.17) is 17.0 Å². The van der Waals surface area contributed by atoms with E-state index >= 15 is 0 Å². The lowest BCUT2D eigenvalue weighted by Gasteiger charge is -2.29. The van der Waals surface area contributed by atoms with Gasteiger partial charge in [0, 0.05) is 44.4 Å². The number of nitrogens with zero attached hydrogens (tertiary/aromatic N) is 3. The van der Waals surface area contributed by atoms with Gasteiger partial charge in [0.15, 0.2) is 5.11 Å². The van der Waals surface area contributed by atoms with Gasteiger partial charge in [-0.1, -0.05) is 6.07 Å². The van der Waals surface area contributed by atoms with Crippen molar-refractivity contribution in [2.24, 2.45) is 0 Å².